The topological polar surface area (TPSA) is 17.8 Å². The summed E-state index contributed by atoms with van der Waals surface area (Å²) in [5, 5.41) is 2.53. The molecule has 2 nitrogen and oxygen atoms in total. The Morgan fingerprint density at radius 2 is 0.724 bits per heavy atom. The minimum absolute atomic E-state index is 0.111. The van der Waals surface area contributed by atoms with Crippen LogP contribution < -0.4 is 0 Å². The van der Waals surface area contributed by atoms with Gasteiger partial charge in [-0.05, 0) is 162 Å². The van der Waals surface area contributed by atoms with Crippen molar-refractivity contribution in [3.05, 3.63) is 290 Å². The van der Waals surface area contributed by atoms with Crippen molar-refractivity contribution < 1.29 is 0 Å². The molecule has 1 aliphatic rings. The minimum Gasteiger partial charge on any atom is -0.309 e. The Morgan fingerprint density at radius 1 is 0.276 bits per heavy atom. The van der Waals surface area contributed by atoms with E-state index in [2.05, 4.69) is 297 Å². The number of benzene rings is 11. The standard InChI is InChI=1S/C74H52N2/c1-74(2)67-34-20-18-32-61(67)65-47-66-62-33-19-21-35-71(62)76(72(66)48-68(65)74)60-38-36-54(37-39-60)73-63(50-24-10-4-11-25-50)43-58(44-64(73)51-26-12-5-13-27-51)56-40-55(49-22-8-3-9-23-49)41-57(42-56)59-45-69(52-28-14-6-15-29-52)75-70(46-59)53-30-16-7-17-31-53/h3-48H,1-2H3. The highest BCUT2D eigenvalue weighted by molar-refractivity contribution is 6.12. The minimum atomic E-state index is -0.111. The maximum Gasteiger partial charge on any atom is 0.0715 e. The molecular weight excluding hydrogens is 917 g/mol. The molecule has 1 aliphatic carbocycles. The van der Waals surface area contributed by atoms with Crippen molar-refractivity contribution in [1.82, 2.24) is 9.55 Å². The number of rotatable bonds is 9. The molecule has 0 saturated heterocycles. The van der Waals surface area contributed by atoms with Crippen LogP contribution in [0.2, 0.25) is 0 Å². The van der Waals surface area contributed by atoms with Gasteiger partial charge in [0, 0.05) is 33.0 Å². The first-order valence-electron chi connectivity index (χ1n) is 26.3. The Bertz CT molecular complexity index is 4190. The molecule has 0 unspecified atom stereocenters. The molecule has 14 rings (SSSR count). The second-order valence-corrected chi connectivity index (χ2v) is 20.7. The summed E-state index contributed by atoms with van der Waals surface area (Å²) >= 11 is 0. The first-order chi connectivity index (χ1) is 37.4. The zero-order valence-corrected chi connectivity index (χ0v) is 42.5. The van der Waals surface area contributed by atoms with Crippen molar-refractivity contribution in [2.45, 2.75) is 19.3 Å². The fraction of sp³-hybridized carbons (Fsp3) is 0.0405. The van der Waals surface area contributed by atoms with Gasteiger partial charge in [-0.15, -0.1) is 0 Å². The molecule has 76 heavy (non-hydrogen) atoms. The average Bonchev–Trinajstić information content (AvgIpc) is 4.01. The van der Waals surface area contributed by atoms with Crippen molar-refractivity contribution in [3.8, 4) is 106 Å². The van der Waals surface area contributed by atoms with E-state index in [1.807, 2.05) is 0 Å². The molecule has 0 atom stereocenters. The van der Waals surface area contributed by atoms with E-state index < -0.39 is 0 Å². The Kier molecular flexibility index (Phi) is 10.9. The van der Waals surface area contributed by atoms with E-state index in [4.69, 9.17) is 4.98 Å². The number of hydrogen-bond donors (Lipinski definition) is 0. The molecule has 2 aromatic heterocycles. The maximum atomic E-state index is 5.26. The van der Waals surface area contributed by atoms with Gasteiger partial charge in [-0.3, -0.25) is 0 Å². The summed E-state index contributed by atoms with van der Waals surface area (Å²) in [4.78, 5) is 5.26. The molecule has 0 fully saturated rings. The van der Waals surface area contributed by atoms with Gasteiger partial charge < -0.3 is 4.57 Å². The van der Waals surface area contributed by atoms with E-state index >= 15 is 0 Å². The summed E-state index contributed by atoms with van der Waals surface area (Å²) in [5.41, 5.74) is 26.8. The summed E-state index contributed by atoms with van der Waals surface area (Å²) in [6, 6.07) is 102. The zero-order chi connectivity index (χ0) is 50.7. The van der Waals surface area contributed by atoms with Crippen molar-refractivity contribution in [2.75, 3.05) is 0 Å². The van der Waals surface area contributed by atoms with Crippen LogP contribution in [0.1, 0.15) is 25.0 Å². The summed E-state index contributed by atoms with van der Waals surface area (Å²) in [6.07, 6.45) is 0. The molecule has 0 aliphatic heterocycles. The number of fused-ring (bicyclic) bond motifs is 6. The van der Waals surface area contributed by atoms with Gasteiger partial charge in [-0.2, -0.15) is 0 Å². The lowest BCUT2D eigenvalue weighted by Gasteiger charge is -2.22. The SMILES string of the molecule is CC1(C)c2ccccc2-c2cc3c4ccccc4n(-c4ccc(-c5c(-c6ccccc6)cc(-c6cc(-c7ccccc7)cc(-c7cc(-c8ccccc8)nc(-c8ccccc8)c7)c6)cc5-c5ccccc5)cc4)c3cc21. The molecule has 2 heteroatoms. The Labute approximate surface area is 444 Å². The predicted molar refractivity (Wildman–Crippen MR) is 320 cm³/mol. The van der Waals surface area contributed by atoms with E-state index in [1.54, 1.807) is 0 Å². The summed E-state index contributed by atoms with van der Waals surface area (Å²) in [5.74, 6) is 0. The van der Waals surface area contributed by atoms with Crippen molar-refractivity contribution in [2.24, 2.45) is 0 Å². The second kappa shape index (κ2) is 18.4. The highest BCUT2D eigenvalue weighted by atomic mass is 15.0. The highest BCUT2D eigenvalue weighted by Crippen LogP contribution is 2.51. The molecule has 0 bridgehead atoms. The lowest BCUT2D eigenvalue weighted by Crippen LogP contribution is -2.14. The van der Waals surface area contributed by atoms with Crippen LogP contribution >= 0.6 is 0 Å². The van der Waals surface area contributed by atoms with Crippen LogP contribution in [0.5, 0.6) is 0 Å². The molecule has 13 aromatic rings. The first-order valence-corrected chi connectivity index (χ1v) is 26.3. The fourth-order valence-corrected chi connectivity index (χ4v) is 12.0. The molecule has 0 saturated carbocycles. The highest BCUT2D eigenvalue weighted by Gasteiger charge is 2.36. The van der Waals surface area contributed by atoms with E-state index in [0.29, 0.717) is 0 Å². The van der Waals surface area contributed by atoms with Gasteiger partial charge in [-0.1, -0.05) is 220 Å². The van der Waals surface area contributed by atoms with Crippen LogP contribution in [-0.4, -0.2) is 9.55 Å². The molecule has 0 N–H and O–H groups in total. The molecular formula is C74H52N2. The number of hydrogen-bond acceptors (Lipinski definition) is 1. The molecule has 2 heterocycles. The van der Waals surface area contributed by atoms with Gasteiger partial charge in [0.25, 0.3) is 0 Å². The van der Waals surface area contributed by atoms with Gasteiger partial charge in [0.05, 0.1) is 22.4 Å². The zero-order valence-electron chi connectivity index (χ0n) is 42.5. The van der Waals surface area contributed by atoms with Gasteiger partial charge in [0.2, 0.25) is 0 Å². The molecule has 11 aromatic carbocycles. The summed E-state index contributed by atoms with van der Waals surface area (Å²) < 4.78 is 2.47. The molecule has 358 valence electrons. The lowest BCUT2D eigenvalue weighted by molar-refractivity contribution is 0.661. The smallest absolute Gasteiger partial charge is 0.0715 e. The monoisotopic (exact) mass is 968 g/mol. The summed E-state index contributed by atoms with van der Waals surface area (Å²) in [6.45, 7) is 4.74. The van der Waals surface area contributed by atoms with Crippen LogP contribution in [0.15, 0.2) is 279 Å². The second-order valence-electron chi connectivity index (χ2n) is 20.7. The average molecular weight is 969 g/mol. The van der Waals surface area contributed by atoms with Gasteiger partial charge in [0.15, 0.2) is 0 Å². The van der Waals surface area contributed by atoms with Gasteiger partial charge >= 0.3 is 0 Å². The lowest BCUT2D eigenvalue weighted by atomic mass is 9.82. The number of nitrogens with zero attached hydrogens (tertiary/aromatic N) is 2. The number of para-hydroxylation sites is 1. The third-order valence-corrected chi connectivity index (χ3v) is 15.8. The fourth-order valence-electron chi connectivity index (χ4n) is 12.0. The van der Waals surface area contributed by atoms with E-state index in [-0.39, 0.29) is 5.41 Å². The number of pyridine rings is 1. The Morgan fingerprint density at radius 3 is 1.29 bits per heavy atom. The normalized spacial score (nSPS) is 12.4. The predicted octanol–water partition coefficient (Wildman–Crippen LogP) is 19.8. The van der Waals surface area contributed by atoms with Gasteiger partial charge in [-0.25, -0.2) is 4.98 Å². The van der Waals surface area contributed by atoms with Crippen molar-refractivity contribution >= 4 is 21.8 Å². The van der Waals surface area contributed by atoms with Crippen molar-refractivity contribution in [1.29, 1.82) is 0 Å². The summed E-state index contributed by atoms with van der Waals surface area (Å²) in [7, 11) is 0. The molecule has 0 radical (unpaired) electrons. The Hall–Kier alpha value is -9.63. The van der Waals surface area contributed by atoms with E-state index in [0.717, 1.165) is 78.3 Å². The van der Waals surface area contributed by atoms with Crippen LogP contribution in [0.3, 0.4) is 0 Å². The number of aromatic nitrogens is 2. The largest absolute Gasteiger partial charge is 0.309 e. The Balaban J connectivity index is 0.964. The first kappa shape index (κ1) is 45.0. The van der Waals surface area contributed by atoms with Crippen molar-refractivity contribution in [3.63, 3.8) is 0 Å². The van der Waals surface area contributed by atoms with E-state index in [9.17, 15) is 0 Å². The van der Waals surface area contributed by atoms with Crippen LogP contribution in [-0.2, 0) is 5.41 Å². The quantitative estimate of drug-likeness (QED) is 0.141. The van der Waals surface area contributed by atoms with Crippen LogP contribution in [0, 0.1) is 0 Å². The third kappa shape index (κ3) is 7.77. The molecule has 0 spiro atoms. The third-order valence-electron chi connectivity index (χ3n) is 15.8. The van der Waals surface area contributed by atoms with Gasteiger partial charge in [0.1, 0.15) is 0 Å². The van der Waals surface area contributed by atoms with Crippen LogP contribution in [0.4, 0.5) is 0 Å². The maximum absolute atomic E-state index is 5.26. The van der Waals surface area contributed by atoms with E-state index in [1.165, 1.54) is 60.8 Å². The van der Waals surface area contributed by atoms with Crippen LogP contribution in [0.25, 0.3) is 128 Å². The molecule has 0 amide bonds.